The van der Waals surface area contributed by atoms with Gasteiger partial charge in [0.2, 0.25) is 0 Å². The maximum absolute atomic E-state index is 13.9. The molecule has 142 valence electrons. The first-order chi connectivity index (χ1) is 13.7. The first-order valence-corrected chi connectivity index (χ1v) is 9.36. The Balaban J connectivity index is 1.49. The Kier molecular flexibility index (Phi) is 5.44. The predicted molar refractivity (Wildman–Crippen MR) is 104 cm³/mol. The number of halogens is 1. The third-order valence-electron chi connectivity index (χ3n) is 4.86. The van der Waals surface area contributed by atoms with Crippen LogP contribution in [0.25, 0.3) is 0 Å². The van der Waals surface area contributed by atoms with Gasteiger partial charge in [-0.2, -0.15) is 0 Å². The van der Waals surface area contributed by atoms with E-state index >= 15 is 0 Å². The summed E-state index contributed by atoms with van der Waals surface area (Å²) >= 11 is 0. The van der Waals surface area contributed by atoms with Crippen molar-refractivity contribution in [3.63, 3.8) is 0 Å². The molecule has 0 radical (unpaired) electrons. The molecule has 2 heterocycles. The first-order valence-electron chi connectivity index (χ1n) is 9.36. The van der Waals surface area contributed by atoms with Crippen LogP contribution in [0.5, 0.6) is 0 Å². The Hall–Kier alpha value is -3.05. The molecule has 4 rings (SSSR count). The molecule has 1 aliphatic rings. The Morgan fingerprint density at radius 3 is 2.64 bits per heavy atom. The standard InChI is InChI=1S/C23H21FN2O2/c24-20-11-5-4-9-18(20)15-19-10-6-12-21(25-19)22-16-26(13-14-28-22)23(27)17-7-2-1-3-8-17/h1-12,22H,13-16H2. The Bertz CT molecular complexity index is 962. The monoisotopic (exact) mass is 376 g/mol. The highest BCUT2D eigenvalue weighted by molar-refractivity contribution is 5.94. The number of benzene rings is 2. The lowest BCUT2D eigenvalue weighted by atomic mass is 10.1. The van der Waals surface area contributed by atoms with Gasteiger partial charge in [-0.15, -0.1) is 0 Å². The molecule has 4 nitrogen and oxygen atoms in total. The summed E-state index contributed by atoms with van der Waals surface area (Å²) in [6.07, 6.45) is 0.127. The zero-order chi connectivity index (χ0) is 19.3. The van der Waals surface area contributed by atoms with Gasteiger partial charge in [0, 0.05) is 24.2 Å². The number of carbonyl (C=O) groups is 1. The highest BCUT2D eigenvalue weighted by Gasteiger charge is 2.27. The van der Waals surface area contributed by atoms with Gasteiger partial charge in [0.25, 0.3) is 5.91 Å². The summed E-state index contributed by atoms with van der Waals surface area (Å²) in [5.74, 6) is -0.236. The number of morpholine rings is 1. The van der Waals surface area contributed by atoms with Crippen LogP contribution in [0, 0.1) is 5.82 Å². The number of hydrogen-bond donors (Lipinski definition) is 0. The quantitative estimate of drug-likeness (QED) is 0.691. The minimum absolute atomic E-state index is 0.00332. The minimum Gasteiger partial charge on any atom is -0.368 e. The van der Waals surface area contributed by atoms with Crippen LogP contribution in [-0.4, -0.2) is 35.5 Å². The molecule has 28 heavy (non-hydrogen) atoms. The topological polar surface area (TPSA) is 42.4 Å². The Labute approximate surface area is 163 Å². The van der Waals surface area contributed by atoms with E-state index in [1.165, 1.54) is 6.07 Å². The van der Waals surface area contributed by atoms with Crippen LogP contribution < -0.4 is 0 Å². The van der Waals surface area contributed by atoms with E-state index < -0.39 is 0 Å². The van der Waals surface area contributed by atoms with Crippen molar-refractivity contribution in [1.82, 2.24) is 9.88 Å². The second-order valence-corrected chi connectivity index (χ2v) is 6.80. The smallest absolute Gasteiger partial charge is 0.254 e. The molecule has 1 unspecified atom stereocenters. The van der Waals surface area contributed by atoms with Crippen molar-refractivity contribution in [2.75, 3.05) is 19.7 Å². The molecule has 1 amide bonds. The van der Waals surface area contributed by atoms with Crippen LogP contribution in [0.3, 0.4) is 0 Å². The van der Waals surface area contributed by atoms with E-state index in [9.17, 15) is 9.18 Å². The lowest BCUT2D eigenvalue weighted by Crippen LogP contribution is -2.42. The molecule has 1 fully saturated rings. The Morgan fingerprint density at radius 2 is 1.82 bits per heavy atom. The second-order valence-electron chi connectivity index (χ2n) is 6.80. The van der Waals surface area contributed by atoms with Gasteiger partial charge >= 0.3 is 0 Å². The number of amides is 1. The van der Waals surface area contributed by atoms with Crippen molar-refractivity contribution in [1.29, 1.82) is 0 Å². The van der Waals surface area contributed by atoms with Crippen LogP contribution in [0.1, 0.15) is 33.4 Å². The molecule has 0 saturated carbocycles. The molecule has 1 aromatic heterocycles. The third-order valence-corrected chi connectivity index (χ3v) is 4.86. The van der Waals surface area contributed by atoms with Crippen molar-refractivity contribution >= 4 is 5.91 Å². The van der Waals surface area contributed by atoms with Crippen molar-refractivity contribution in [2.24, 2.45) is 0 Å². The van der Waals surface area contributed by atoms with Gasteiger partial charge < -0.3 is 9.64 Å². The van der Waals surface area contributed by atoms with Crippen LogP contribution >= 0.6 is 0 Å². The number of hydrogen-bond acceptors (Lipinski definition) is 3. The van der Waals surface area contributed by atoms with E-state index in [4.69, 9.17) is 4.74 Å². The number of rotatable bonds is 4. The van der Waals surface area contributed by atoms with Crippen molar-refractivity contribution in [3.05, 3.63) is 101 Å². The molecule has 3 aromatic rings. The summed E-state index contributed by atoms with van der Waals surface area (Å²) in [6.45, 7) is 1.46. The highest BCUT2D eigenvalue weighted by atomic mass is 19.1. The zero-order valence-corrected chi connectivity index (χ0v) is 15.4. The van der Waals surface area contributed by atoms with Crippen LogP contribution in [0.2, 0.25) is 0 Å². The van der Waals surface area contributed by atoms with Gasteiger partial charge in [0.05, 0.1) is 18.8 Å². The van der Waals surface area contributed by atoms with Crippen molar-refractivity contribution < 1.29 is 13.9 Å². The molecule has 5 heteroatoms. The molecule has 0 N–H and O–H groups in total. The second kappa shape index (κ2) is 8.31. The van der Waals surface area contributed by atoms with Crippen molar-refractivity contribution in [2.45, 2.75) is 12.5 Å². The maximum Gasteiger partial charge on any atom is 0.254 e. The first kappa shape index (κ1) is 18.3. The fourth-order valence-corrected chi connectivity index (χ4v) is 3.39. The van der Waals surface area contributed by atoms with E-state index in [-0.39, 0.29) is 17.8 Å². The van der Waals surface area contributed by atoms with E-state index in [1.54, 1.807) is 17.0 Å². The normalized spacial score (nSPS) is 16.8. The summed E-state index contributed by atoms with van der Waals surface area (Å²) < 4.78 is 19.8. The molecular weight excluding hydrogens is 355 g/mol. The molecular formula is C23H21FN2O2. The summed E-state index contributed by atoms with van der Waals surface area (Å²) in [6, 6.07) is 21.6. The average Bonchev–Trinajstić information content (AvgIpc) is 2.76. The molecule has 0 spiro atoms. The lowest BCUT2D eigenvalue weighted by molar-refractivity contribution is -0.0247. The summed E-state index contributed by atoms with van der Waals surface area (Å²) in [4.78, 5) is 19.2. The molecule has 1 saturated heterocycles. The van der Waals surface area contributed by atoms with Gasteiger partial charge in [-0.25, -0.2) is 4.39 Å². The van der Waals surface area contributed by atoms with E-state index in [2.05, 4.69) is 4.98 Å². The van der Waals surface area contributed by atoms with Gasteiger partial charge in [0.15, 0.2) is 0 Å². The molecule has 1 aliphatic heterocycles. The zero-order valence-electron chi connectivity index (χ0n) is 15.4. The van der Waals surface area contributed by atoms with Crippen molar-refractivity contribution in [3.8, 4) is 0 Å². The van der Waals surface area contributed by atoms with E-state index in [0.29, 0.717) is 37.2 Å². The number of aromatic nitrogens is 1. The highest BCUT2D eigenvalue weighted by Crippen LogP contribution is 2.23. The van der Waals surface area contributed by atoms with Gasteiger partial charge in [-0.3, -0.25) is 9.78 Å². The van der Waals surface area contributed by atoms with Gasteiger partial charge in [0.1, 0.15) is 11.9 Å². The number of carbonyl (C=O) groups excluding carboxylic acids is 1. The predicted octanol–water partition coefficient (Wildman–Crippen LogP) is 4.03. The SMILES string of the molecule is O=C(c1ccccc1)N1CCOC(c2cccc(Cc3ccccc3F)n2)C1. The van der Waals surface area contributed by atoms with E-state index in [1.807, 2.05) is 54.6 Å². The molecule has 1 atom stereocenters. The number of ether oxygens (including phenoxy) is 1. The van der Waals surface area contributed by atoms with Crippen LogP contribution in [0.15, 0.2) is 72.8 Å². The Morgan fingerprint density at radius 1 is 1.04 bits per heavy atom. The molecule has 0 aliphatic carbocycles. The van der Waals surface area contributed by atoms with E-state index in [0.717, 1.165) is 11.4 Å². The summed E-state index contributed by atoms with van der Waals surface area (Å²) in [5.41, 5.74) is 2.82. The largest absolute Gasteiger partial charge is 0.368 e. The minimum atomic E-state index is -0.290. The third kappa shape index (κ3) is 4.10. The number of nitrogens with zero attached hydrogens (tertiary/aromatic N) is 2. The van der Waals surface area contributed by atoms with Crippen LogP contribution in [0.4, 0.5) is 4.39 Å². The summed E-state index contributed by atoms with van der Waals surface area (Å²) in [5, 5.41) is 0. The van der Waals surface area contributed by atoms with Gasteiger partial charge in [-0.1, -0.05) is 42.5 Å². The van der Waals surface area contributed by atoms with Crippen LogP contribution in [-0.2, 0) is 11.2 Å². The van der Waals surface area contributed by atoms with Gasteiger partial charge in [-0.05, 0) is 35.9 Å². The average molecular weight is 376 g/mol. The number of pyridine rings is 1. The fourth-order valence-electron chi connectivity index (χ4n) is 3.39. The molecule has 0 bridgehead atoms. The molecule has 2 aromatic carbocycles. The fraction of sp³-hybridized carbons (Fsp3) is 0.217. The lowest BCUT2D eigenvalue weighted by Gasteiger charge is -2.33. The maximum atomic E-state index is 13.9. The summed E-state index contributed by atoms with van der Waals surface area (Å²) in [7, 11) is 0.